The predicted molar refractivity (Wildman–Crippen MR) is 78.4 cm³/mol. The van der Waals surface area contributed by atoms with E-state index in [4.69, 9.17) is 4.74 Å². The van der Waals surface area contributed by atoms with Gasteiger partial charge < -0.3 is 9.64 Å². The van der Waals surface area contributed by atoms with Crippen molar-refractivity contribution in [3.05, 3.63) is 35.4 Å². The number of amides is 3. The molecular weight excluding hydrogens is 284 g/mol. The Kier molecular flexibility index (Phi) is 3.70. The SMILES string of the molecule is C[C@@H]1CN(C(=O)CN2C(=O)c3ccccc3C2=O)C[C@@H](C)O1. The van der Waals surface area contributed by atoms with E-state index in [1.165, 1.54) is 0 Å². The van der Waals surface area contributed by atoms with Crippen LogP contribution in [-0.2, 0) is 9.53 Å². The summed E-state index contributed by atoms with van der Waals surface area (Å²) in [6.07, 6.45) is -0.0928. The van der Waals surface area contributed by atoms with Crippen molar-refractivity contribution >= 4 is 17.7 Å². The van der Waals surface area contributed by atoms with E-state index in [0.717, 1.165) is 4.90 Å². The third-order valence-corrected chi connectivity index (χ3v) is 3.94. The number of imide groups is 1. The first kappa shape index (κ1) is 14.7. The van der Waals surface area contributed by atoms with E-state index in [1.54, 1.807) is 29.2 Å². The van der Waals surface area contributed by atoms with Crippen LogP contribution in [0.4, 0.5) is 0 Å². The van der Waals surface area contributed by atoms with Crippen LogP contribution in [0.3, 0.4) is 0 Å². The van der Waals surface area contributed by atoms with Gasteiger partial charge in [0, 0.05) is 13.1 Å². The van der Waals surface area contributed by atoms with Gasteiger partial charge in [0.1, 0.15) is 6.54 Å². The highest BCUT2D eigenvalue weighted by atomic mass is 16.5. The standard InChI is InChI=1S/C16H18N2O4/c1-10-7-17(8-11(2)22-10)14(19)9-18-15(20)12-5-3-4-6-13(12)16(18)21/h3-6,10-11H,7-9H2,1-2H3/t10-,11-/m1/s1. The highest BCUT2D eigenvalue weighted by Crippen LogP contribution is 2.22. The summed E-state index contributed by atoms with van der Waals surface area (Å²) in [7, 11) is 0. The second-order valence-corrected chi connectivity index (χ2v) is 5.80. The minimum Gasteiger partial charge on any atom is -0.372 e. The maximum atomic E-state index is 12.4. The molecule has 1 aromatic rings. The van der Waals surface area contributed by atoms with Gasteiger partial charge in [-0.2, -0.15) is 0 Å². The van der Waals surface area contributed by atoms with E-state index >= 15 is 0 Å². The minimum absolute atomic E-state index is 0.0464. The first-order valence-electron chi connectivity index (χ1n) is 7.36. The molecule has 0 spiro atoms. The molecule has 116 valence electrons. The number of carbonyl (C=O) groups is 3. The molecule has 2 aliphatic heterocycles. The fourth-order valence-electron chi connectivity index (χ4n) is 3.00. The zero-order valence-electron chi connectivity index (χ0n) is 12.6. The van der Waals surface area contributed by atoms with Gasteiger partial charge in [0.2, 0.25) is 5.91 Å². The van der Waals surface area contributed by atoms with Crippen LogP contribution in [0.5, 0.6) is 0 Å². The number of hydrogen-bond acceptors (Lipinski definition) is 4. The molecule has 0 radical (unpaired) electrons. The number of hydrogen-bond donors (Lipinski definition) is 0. The summed E-state index contributed by atoms with van der Waals surface area (Å²) in [5, 5.41) is 0. The van der Waals surface area contributed by atoms with E-state index in [1.807, 2.05) is 13.8 Å². The second-order valence-electron chi connectivity index (χ2n) is 5.80. The van der Waals surface area contributed by atoms with Gasteiger partial charge in [0.15, 0.2) is 0 Å². The third-order valence-electron chi connectivity index (χ3n) is 3.94. The number of carbonyl (C=O) groups excluding carboxylic acids is 3. The third kappa shape index (κ3) is 2.50. The molecule has 0 saturated carbocycles. The Bertz CT molecular complexity index is 598. The summed E-state index contributed by atoms with van der Waals surface area (Å²) in [5.41, 5.74) is 0.730. The van der Waals surface area contributed by atoms with Crippen LogP contribution in [0.2, 0.25) is 0 Å². The lowest BCUT2D eigenvalue weighted by atomic mass is 10.1. The molecule has 1 fully saturated rings. The molecule has 22 heavy (non-hydrogen) atoms. The molecule has 2 heterocycles. The van der Waals surface area contributed by atoms with Crippen molar-refractivity contribution in [2.45, 2.75) is 26.1 Å². The maximum absolute atomic E-state index is 12.4. The minimum atomic E-state index is -0.400. The summed E-state index contributed by atoms with van der Waals surface area (Å²) >= 11 is 0. The Morgan fingerprint density at radius 2 is 1.59 bits per heavy atom. The van der Waals surface area contributed by atoms with Crippen LogP contribution >= 0.6 is 0 Å². The van der Waals surface area contributed by atoms with Crippen LogP contribution in [0.15, 0.2) is 24.3 Å². The van der Waals surface area contributed by atoms with E-state index in [9.17, 15) is 14.4 Å². The van der Waals surface area contributed by atoms with Gasteiger partial charge in [-0.3, -0.25) is 19.3 Å². The van der Waals surface area contributed by atoms with E-state index in [0.29, 0.717) is 24.2 Å². The average molecular weight is 302 g/mol. The van der Waals surface area contributed by atoms with Crippen molar-refractivity contribution in [3.63, 3.8) is 0 Å². The molecule has 3 amide bonds. The second kappa shape index (κ2) is 5.53. The zero-order chi connectivity index (χ0) is 15.9. The molecule has 6 heteroatoms. The van der Waals surface area contributed by atoms with Crippen molar-refractivity contribution in [3.8, 4) is 0 Å². The summed E-state index contributed by atoms with van der Waals surface area (Å²) in [6, 6.07) is 6.64. The fraction of sp³-hybridized carbons (Fsp3) is 0.438. The molecule has 0 unspecified atom stereocenters. The summed E-state index contributed by atoms with van der Waals surface area (Å²) in [5.74, 6) is -1.02. The van der Waals surface area contributed by atoms with Gasteiger partial charge in [0.05, 0.1) is 23.3 Å². The summed E-state index contributed by atoms with van der Waals surface area (Å²) < 4.78 is 5.59. The number of benzene rings is 1. The van der Waals surface area contributed by atoms with Gasteiger partial charge in [-0.25, -0.2) is 0 Å². The molecule has 6 nitrogen and oxygen atoms in total. The van der Waals surface area contributed by atoms with Crippen molar-refractivity contribution in [1.29, 1.82) is 0 Å². The number of nitrogens with zero attached hydrogens (tertiary/aromatic N) is 2. The number of ether oxygens (including phenoxy) is 1. The number of rotatable bonds is 2. The van der Waals surface area contributed by atoms with Crippen LogP contribution in [0.25, 0.3) is 0 Å². The molecular formula is C16H18N2O4. The molecule has 0 N–H and O–H groups in total. The lowest BCUT2D eigenvalue weighted by Gasteiger charge is -2.35. The molecule has 1 saturated heterocycles. The lowest BCUT2D eigenvalue weighted by Crippen LogP contribution is -2.51. The maximum Gasteiger partial charge on any atom is 0.262 e. The first-order chi connectivity index (χ1) is 10.5. The Hall–Kier alpha value is -2.21. The quantitative estimate of drug-likeness (QED) is 0.762. The largest absolute Gasteiger partial charge is 0.372 e. The Morgan fingerprint density at radius 3 is 2.09 bits per heavy atom. The molecule has 1 aromatic carbocycles. The van der Waals surface area contributed by atoms with Crippen LogP contribution in [-0.4, -0.2) is 59.4 Å². The van der Waals surface area contributed by atoms with E-state index in [-0.39, 0.29) is 24.7 Å². The Labute approximate surface area is 128 Å². The first-order valence-corrected chi connectivity index (χ1v) is 7.36. The highest BCUT2D eigenvalue weighted by molar-refractivity contribution is 6.22. The van der Waals surface area contributed by atoms with Gasteiger partial charge in [-0.05, 0) is 26.0 Å². The fourth-order valence-corrected chi connectivity index (χ4v) is 3.00. The number of fused-ring (bicyclic) bond motifs is 1. The van der Waals surface area contributed by atoms with Gasteiger partial charge in [0.25, 0.3) is 11.8 Å². The van der Waals surface area contributed by atoms with Gasteiger partial charge >= 0.3 is 0 Å². The topological polar surface area (TPSA) is 66.9 Å². The molecule has 0 bridgehead atoms. The monoisotopic (exact) mass is 302 g/mol. The highest BCUT2D eigenvalue weighted by Gasteiger charge is 2.37. The van der Waals surface area contributed by atoms with E-state index < -0.39 is 11.8 Å². The normalized spacial score (nSPS) is 24.6. The Morgan fingerprint density at radius 1 is 1.09 bits per heavy atom. The van der Waals surface area contributed by atoms with Crippen molar-refractivity contribution in [2.75, 3.05) is 19.6 Å². The molecule has 0 aliphatic carbocycles. The van der Waals surface area contributed by atoms with Crippen molar-refractivity contribution in [2.24, 2.45) is 0 Å². The lowest BCUT2D eigenvalue weighted by molar-refractivity contribution is -0.143. The van der Waals surface area contributed by atoms with Gasteiger partial charge in [-0.15, -0.1) is 0 Å². The smallest absolute Gasteiger partial charge is 0.262 e. The predicted octanol–water partition coefficient (Wildman–Crippen LogP) is 0.918. The van der Waals surface area contributed by atoms with Crippen molar-refractivity contribution < 1.29 is 19.1 Å². The van der Waals surface area contributed by atoms with Crippen LogP contribution in [0.1, 0.15) is 34.6 Å². The van der Waals surface area contributed by atoms with E-state index in [2.05, 4.69) is 0 Å². The summed E-state index contributed by atoms with van der Waals surface area (Å²) in [4.78, 5) is 39.6. The molecule has 2 atom stereocenters. The molecule has 3 rings (SSSR count). The Balaban J connectivity index is 1.73. The molecule has 2 aliphatic rings. The van der Waals surface area contributed by atoms with Gasteiger partial charge in [-0.1, -0.05) is 12.1 Å². The number of morpholine rings is 1. The summed E-state index contributed by atoms with van der Waals surface area (Å²) in [6.45, 7) is 4.54. The van der Waals surface area contributed by atoms with Crippen LogP contribution in [0, 0.1) is 0 Å². The molecule has 0 aromatic heterocycles. The average Bonchev–Trinajstić information content (AvgIpc) is 2.72. The van der Waals surface area contributed by atoms with Crippen molar-refractivity contribution in [1.82, 2.24) is 9.80 Å². The van der Waals surface area contributed by atoms with Crippen LogP contribution < -0.4 is 0 Å². The zero-order valence-corrected chi connectivity index (χ0v) is 12.6.